The summed E-state index contributed by atoms with van der Waals surface area (Å²) in [5.41, 5.74) is 0. The fourth-order valence-corrected chi connectivity index (χ4v) is 1.30. The van der Waals surface area contributed by atoms with Crippen molar-refractivity contribution in [3.8, 4) is 0 Å². The lowest BCUT2D eigenvalue weighted by atomic mass is 10.7. The zero-order valence-electron chi connectivity index (χ0n) is 5.66. The highest BCUT2D eigenvalue weighted by Gasteiger charge is 2.10. The Balaban J connectivity index is 4.14. The summed E-state index contributed by atoms with van der Waals surface area (Å²) >= 11 is 0. The lowest BCUT2D eigenvalue weighted by molar-refractivity contribution is 0.446. The maximum atomic E-state index is 10.5. The summed E-state index contributed by atoms with van der Waals surface area (Å²) in [5, 5.41) is 4.80. The van der Waals surface area contributed by atoms with Crippen molar-refractivity contribution >= 4 is 10.2 Å². The molecule has 0 aromatic carbocycles. The van der Waals surface area contributed by atoms with E-state index in [1.165, 1.54) is 4.31 Å². The highest BCUT2D eigenvalue weighted by atomic mass is 32.2. The molecule has 0 aromatic rings. The molecule has 0 aromatic heterocycles. The van der Waals surface area contributed by atoms with Gasteiger partial charge in [-0.25, -0.2) is 5.14 Å². The minimum absolute atomic E-state index is 0.440. The van der Waals surface area contributed by atoms with Crippen LogP contribution in [-0.4, -0.2) is 25.8 Å². The predicted molar refractivity (Wildman–Crippen MR) is 36.0 cm³/mol. The van der Waals surface area contributed by atoms with Crippen LogP contribution in [0.5, 0.6) is 0 Å². The Labute approximate surface area is 55.8 Å². The Hall–Kier alpha value is -0.130. The molecule has 0 unspecified atom stereocenters. The molecule has 0 aliphatic carbocycles. The first-order valence-electron chi connectivity index (χ1n) is 2.80. The van der Waals surface area contributed by atoms with Gasteiger partial charge in [0.2, 0.25) is 0 Å². The van der Waals surface area contributed by atoms with Gasteiger partial charge in [0.15, 0.2) is 0 Å². The summed E-state index contributed by atoms with van der Waals surface area (Å²) in [4.78, 5) is 0. The molecule has 0 saturated heterocycles. The molecule has 2 N–H and O–H groups in total. The standard InChI is InChI=1S/C4H12N2O2S/c1-3-6(4-2)9(5,7)8/h3-4H2,1-2H3,(H2,5,7,8). The van der Waals surface area contributed by atoms with Gasteiger partial charge >= 0.3 is 0 Å². The fraction of sp³-hybridized carbons (Fsp3) is 1.00. The molecule has 0 saturated carbocycles. The summed E-state index contributed by atoms with van der Waals surface area (Å²) < 4.78 is 22.2. The van der Waals surface area contributed by atoms with Crippen molar-refractivity contribution in [2.45, 2.75) is 13.8 Å². The zero-order valence-corrected chi connectivity index (χ0v) is 6.48. The van der Waals surface area contributed by atoms with E-state index in [-0.39, 0.29) is 0 Å². The van der Waals surface area contributed by atoms with Crippen molar-refractivity contribution in [3.05, 3.63) is 0 Å². The van der Waals surface area contributed by atoms with E-state index in [0.29, 0.717) is 13.1 Å². The van der Waals surface area contributed by atoms with Gasteiger partial charge in [-0.05, 0) is 0 Å². The van der Waals surface area contributed by atoms with Gasteiger partial charge in [0, 0.05) is 13.1 Å². The Morgan fingerprint density at radius 3 is 1.67 bits per heavy atom. The lowest BCUT2D eigenvalue weighted by Crippen LogP contribution is -2.36. The molecule has 0 fully saturated rings. The van der Waals surface area contributed by atoms with Gasteiger partial charge in [-0.2, -0.15) is 12.7 Å². The van der Waals surface area contributed by atoms with Crippen LogP contribution in [0.2, 0.25) is 0 Å². The first kappa shape index (κ1) is 8.87. The summed E-state index contributed by atoms with van der Waals surface area (Å²) in [7, 11) is -3.43. The minimum Gasteiger partial charge on any atom is -0.216 e. The van der Waals surface area contributed by atoms with Crippen LogP contribution in [0.15, 0.2) is 0 Å². The summed E-state index contributed by atoms with van der Waals surface area (Å²) in [5.74, 6) is 0. The van der Waals surface area contributed by atoms with E-state index in [9.17, 15) is 8.42 Å². The number of nitrogens with zero attached hydrogens (tertiary/aromatic N) is 1. The highest BCUT2D eigenvalue weighted by Crippen LogP contribution is 1.90. The van der Waals surface area contributed by atoms with Crippen LogP contribution < -0.4 is 5.14 Å². The van der Waals surface area contributed by atoms with Gasteiger partial charge in [0.25, 0.3) is 10.2 Å². The third kappa shape index (κ3) is 2.78. The first-order chi connectivity index (χ1) is 4.02. The van der Waals surface area contributed by atoms with E-state index in [0.717, 1.165) is 0 Å². The molecule has 0 aliphatic heterocycles. The molecule has 5 heteroatoms. The van der Waals surface area contributed by atoms with Crippen LogP contribution >= 0.6 is 0 Å². The molecule has 9 heavy (non-hydrogen) atoms. The Morgan fingerprint density at radius 2 is 1.67 bits per heavy atom. The smallest absolute Gasteiger partial charge is 0.216 e. The third-order valence-corrected chi connectivity index (χ3v) is 2.30. The second kappa shape index (κ2) is 3.14. The Kier molecular flexibility index (Phi) is 3.10. The molecule has 0 spiro atoms. The van der Waals surface area contributed by atoms with Crippen LogP contribution in [0.3, 0.4) is 0 Å². The van der Waals surface area contributed by atoms with Crippen LogP contribution in [0.4, 0.5) is 0 Å². The summed E-state index contributed by atoms with van der Waals surface area (Å²) in [6.07, 6.45) is 0. The van der Waals surface area contributed by atoms with Crippen LogP contribution in [0.1, 0.15) is 13.8 Å². The second-order valence-corrected chi connectivity index (χ2v) is 3.18. The monoisotopic (exact) mass is 152 g/mol. The van der Waals surface area contributed by atoms with Crippen molar-refractivity contribution in [1.29, 1.82) is 0 Å². The molecule has 0 amide bonds. The predicted octanol–water partition coefficient (Wildman–Crippen LogP) is -0.468. The van der Waals surface area contributed by atoms with Crippen molar-refractivity contribution in [3.63, 3.8) is 0 Å². The Bertz CT molecular complexity index is 159. The second-order valence-electron chi connectivity index (χ2n) is 1.63. The van der Waals surface area contributed by atoms with Crippen LogP contribution in [0, 0.1) is 0 Å². The van der Waals surface area contributed by atoms with Gasteiger partial charge < -0.3 is 0 Å². The molecule has 0 aliphatic rings. The molecule has 0 rings (SSSR count). The molecule has 0 bridgehead atoms. The van der Waals surface area contributed by atoms with Crippen LogP contribution in [0.25, 0.3) is 0 Å². The van der Waals surface area contributed by atoms with Gasteiger partial charge in [-0.15, -0.1) is 0 Å². The largest absolute Gasteiger partial charge is 0.276 e. The van der Waals surface area contributed by atoms with Gasteiger partial charge in [0.1, 0.15) is 0 Å². The average molecular weight is 152 g/mol. The summed E-state index contributed by atoms with van der Waals surface area (Å²) in [6, 6.07) is 0. The van der Waals surface area contributed by atoms with Gasteiger partial charge in [-0.1, -0.05) is 13.8 Å². The highest BCUT2D eigenvalue weighted by molar-refractivity contribution is 7.86. The third-order valence-electron chi connectivity index (χ3n) is 1.07. The Morgan fingerprint density at radius 1 is 1.33 bits per heavy atom. The molecule has 4 nitrogen and oxygen atoms in total. The number of rotatable bonds is 3. The first-order valence-corrected chi connectivity index (χ1v) is 4.30. The SMILES string of the molecule is CCN(CC)S(N)(=O)=O. The van der Waals surface area contributed by atoms with Gasteiger partial charge in [-0.3, -0.25) is 0 Å². The number of hydrogen-bond acceptors (Lipinski definition) is 2. The van der Waals surface area contributed by atoms with E-state index in [1.54, 1.807) is 13.8 Å². The summed E-state index contributed by atoms with van der Waals surface area (Å²) in [6.45, 7) is 4.37. The minimum atomic E-state index is -3.43. The van der Waals surface area contributed by atoms with Crippen molar-refractivity contribution < 1.29 is 8.42 Å². The van der Waals surface area contributed by atoms with Crippen molar-refractivity contribution in [2.75, 3.05) is 13.1 Å². The lowest BCUT2D eigenvalue weighted by Gasteiger charge is -2.13. The topological polar surface area (TPSA) is 63.4 Å². The quantitative estimate of drug-likeness (QED) is 0.594. The number of nitrogens with two attached hydrogens (primary N) is 1. The van der Waals surface area contributed by atoms with E-state index in [2.05, 4.69) is 0 Å². The van der Waals surface area contributed by atoms with Crippen molar-refractivity contribution in [1.82, 2.24) is 4.31 Å². The van der Waals surface area contributed by atoms with E-state index in [1.807, 2.05) is 0 Å². The zero-order chi connectivity index (χ0) is 7.49. The van der Waals surface area contributed by atoms with Crippen LogP contribution in [-0.2, 0) is 10.2 Å². The van der Waals surface area contributed by atoms with E-state index in [4.69, 9.17) is 5.14 Å². The molecule has 56 valence electrons. The number of hydrogen-bond donors (Lipinski definition) is 1. The van der Waals surface area contributed by atoms with Gasteiger partial charge in [0.05, 0.1) is 0 Å². The average Bonchev–Trinajstić information content (AvgIpc) is 1.65. The normalized spacial score (nSPS) is 12.4. The van der Waals surface area contributed by atoms with E-state index < -0.39 is 10.2 Å². The molecule has 0 heterocycles. The van der Waals surface area contributed by atoms with Crippen molar-refractivity contribution in [2.24, 2.45) is 5.14 Å². The molecular formula is C4H12N2O2S. The van der Waals surface area contributed by atoms with E-state index >= 15 is 0 Å². The maximum absolute atomic E-state index is 10.5. The molecule has 0 atom stereocenters. The molecule has 0 radical (unpaired) electrons. The molecular weight excluding hydrogens is 140 g/mol. The fourth-order valence-electron chi connectivity index (χ4n) is 0.583. The maximum Gasteiger partial charge on any atom is 0.276 e.